The Kier molecular flexibility index (Phi) is 3.90. The molecule has 0 unspecified atom stereocenters. The third kappa shape index (κ3) is 3.32. The molecule has 6 heteroatoms. The lowest BCUT2D eigenvalue weighted by Gasteiger charge is -2.22. The highest BCUT2D eigenvalue weighted by Gasteiger charge is 2.28. The van der Waals surface area contributed by atoms with Crippen molar-refractivity contribution in [1.29, 1.82) is 0 Å². The second-order valence-electron chi connectivity index (χ2n) is 4.04. The van der Waals surface area contributed by atoms with E-state index in [4.69, 9.17) is 9.52 Å². The summed E-state index contributed by atoms with van der Waals surface area (Å²) in [7, 11) is 1.31. The smallest absolute Gasteiger partial charge is 0.371 e. The topological polar surface area (TPSA) is 88.8 Å². The van der Waals surface area contributed by atoms with E-state index in [1.54, 1.807) is 19.9 Å². The van der Waals surface area contributed by atoms with Crippen LogP contribution in [0.2, 0.25) is 0 Å². The summed E-state index contributed by atoms with van der Waals surface area (Å²) in [6.07, 6.45) is 0. The fourth-order valence-corrected chi connectivity index (χ4v) is 1.22. The lowest BCUT2D eigenvalue weighted by Crippen LogP contribution is -2.46. The van der Waals surface area contributed by atoms with Gasteiger partial charge in [0.25, 0.3) is 0 Å². The van der Waals surface area contributed by atoms with E-state index in [0.717, 1.165) is 0 Å². The molecule has 0 radical (unpaired) electrons. The predicted octanol–water partition coefficient (Wildman–Crippen LogP) is 1.02. The van der Waals surface area contributed by atoms with Gasteiger partial charge in [0, 0.05) is 0 Å². The van der Waals surface area contributed by atoms with Crippen LogP contribution >= 0.6 is 0 Å². The van der Waals surface area contributed by atoms with E-state index in [-0.39, 0.29) is 12.3 Å². The summed E-state index contributed by atoms with van der Waals surface area (Å²) in [5.41, 5.74) is -0.856. The number of nitrogens with one attached hydrogen (secondary N) is 1. The third-order valence-corrected chi connectivity index (χ3v) is 2.27. The van der Waals surface area contributed by atoms with E-state index in [2.05, 4.69) is 10.1 Å². The van der Waals surface area contributed by atoms with Gasteiger partial charge in [-0.3, -0.25) is 10.1 Å². The zero-order valence-corrected chi connectivity index (χ0v) is 9.94. The zero-order valence-electron chi connectivity index (χ0n) is 9.94. The minimum Gasteiger partial charge on any atom is -0.475 e. The van der Waals surface area contributed by atoms with E-state index < -0.39 is 17.5 Å². The van der Waals surface area contributed by atoms with Crippen LogP contribution < -0.4 is 5.32 Å². The van der Waals surface area contributed by atoms with Crippen LogP contribution in [0.25, 0.3) is 0 Å². The molecule has 1 heterocycles. The van der Waals surface area contributed by atoms with Crippen molar-refractivity contribution in [2.24, 2.45) is 0 Å². The number of carbonyl (C=O) groups is 2. The van der Waals surface area contributed by atoms with Crippen molar-refractivity contribution in [1.82, 2.24) is 5.32 Å². The lowest BCUT2D eigenvalue weighted by atomic mass is 10.1. The number of rotatable bonds is 5. The van der Waals surface area contributed by atoms with Gasteiger partial charge in [-0.25, -0.2) is 4.79 Å². The molecule has 17 heavy (non-hydrogen) atoms. The number of carbonyl (C=O) groups excluding carboxylic acids is 1. The van der Waals surface area contributed by atoms with E-state index in [0.29, 0.717) is 5.76 Å². The molecule has 0 atom stereocenters. The highest BCUT2D eigenvalue weighted by Crippen LogP contribution is 2.10. The van der Waals surface area contributed by atoms with Gasteiger partial charge in [0.2, 0.25) is 5.76 Å². The molecule has 2 N–H and O–H groups in total. The summed E-state index contributed by atoms with van der Waals surface area (Å²) in [6.45, 7) is 3.58. The van der Waals surface area contributed by atoms with E-state index >= 15 is 0 Å². The van der Waals surface area contributed by atoms with Crippen molar-refractivity contribution < 1.29 is 23.8 Å². The van der Waals surface area contributed by atoms with E-state index in [1.165, 1.54) is 13.2 Å². The Morgan fingerprint density at radius 3 is 2.59 bits per heavy atom. The summed E-state index contributed by atoms with van der Waals surface area (Å²) in [5.74, 6) is -1.21. The van der Waals surface area contributed by atoms with Gasteiger partial charge in [-0.1, -0.05) is 0 Å². The van der Waals surface area contributed by atoms with Crippen LogP contribution in [0.3, 0.4) is 0 Å². The number of methoxy groups -OCH3 is 1. The number of hydrogen-bond acceptors (Lipinski definition) is 5. The largest absolute Gasteiger partial charge is 0.475 e. The minimum atomic E-state index is -1.12. The molecule has 94 valence electrons. The molecule has 0 aliphatic rings. The summed E-state index contributed by atoms with van der Waals surface area (Å²) in [6, 6.07) is 2.91. The average molecular weight is 241 g/mol. The van der Waals surface area contributed by atoms with Crippen molar-refractivity contribution in [3.05, 3.63) is 23.7 Å². The highest BCUT2D eigenvalue weighted by molar-refractivity contribution is 5.84. The second-order valence-corrected chi connectivity index (χ2v) is 4.04. The standard InChI is InChI=1S/C11H15NO5/c1-11(2,10(15)16-3)12-6-7-4-5-8(17-7)9(13)14/h4-5,12H,6H2,1-3H3,(H,13,14). The molecule has 1 aromatic rings. The van der Waals surface area contributed by atoms with E-state index in [9.17, 15) is 9.59 Å². The van der Waals surface area contributed by atoms with Gasteiger partial charge in [0.15, 0.2) is 0 Å². The molecule has 0 aromatic carbocycles. The number of aromatic carboxylic acids is 1. The molecule has 0 spiro atoms. The molecule has 1 rings (SSSR count). The molecule has 0 bridgehead atoms. The Bertz CT molecular complexity index is 421. The van der Waals surface area contributed by atoms with Gasteiger partial charge in [0.05, 0.1) is 13.7 Å². The molecule has 0 saturated heterocycles. The Balaban J connectivity index is 2.61. The van der Waals surface area contributed by atoms with Crippen LogP contribution in [0, 0.1) is 0 Å². The first kappa shape index (κ1) is 13.2. The Morgan fingerprint density at radius 1 is 1.47 bits per heavy atom. The van der Waals surface area contributed by atoms with Gasteiger partial charge in [-0.2, -0.15) is 0 Å². The van der Waals surface area contributed by atoms with Crippen LogP contribution in [0.5, 0.6) is 0 Å². The molecule has 1 aromatic heterocycles. The fourth-order valence-electron chi connectivity index (χ4n) is 1.22. The molecule has 6 nitrogen and oxygen atoms in total. The second kappa shape index (κ2) is 5.01. The minimum absolute atomic E-state index is 0.127. The molecule has 0 aliphatic heterocycles. The van der Waals surface area contributed by atoms with Crippen LogP contribution in [0.1, 0.15) is 30.2 Å². The number of ether oxygens (including phenoxy) is 1. The van der Waals surface area contributed by atoms with Gasteiger partial charge >= 0.3 is 11.9 Å². The van der Waals surface area contributed by atoms with Gasteiger partial charge in [-0.05, 0) is 26.0 Å². The lowest BCUT2D eigenvalue weighted by molar-refractivity contribution is -0.147. The van der Waals surface area contributed by atoms with Crippen molar-refractivity contribution in [2.45, 2.75) is 25.9 Å². The number of esters is 1. The fraction of sp³-hybridized carbons (Fsp3) is 0.455. The molecule has 0 aliphatic carbocycles. The van der Waals surface area contributed by atoms with Crippen LogP contribution in [-0.2, 0) is 16.1 Å². The van der Waals surface area contributed by atoms with Crippen molar-refractivity contribution in [2.75, 3.05) is 7.11 Å². The quantitative estimate of drug-likeness (QED) is 0.748. The van der Waals surface area contributed by atoms with E-state index in [1.807, 2.05) is 0 Å². The Labute approximate surface area is 98.6 Å². The number of hydrogen-bond donors (Lipinski definition) is 2. The van der Waals surface area contributed by atoms with Gasteiger partial charge in [-0.15, -0.1) is 0 Å². The summed E-state index contributed by atoms with van der Waals surface area (Å²) >= 11 is 0. The SMILES string of the molecule is COC(=O)C(C)(C)NCc1ccc(C(=O)O)o1. The van der Waals surface area contributed by atoms with Crippen LogP contribution in [-0.4, -0.2) is 29.7 Å². The molecule has 0 amide bonds. The van der Waals surface area contributed by atoms with Crippen molar-refractivity contribution >= 4 is 11.9 Å². The first-order valence-corrected chi connectivity index (χ1v) is 5.02. The number of carboxylic acids is 1. The first-order valence-electron chi connectivity index (χ1n) is 5.02. The first-order chi connectivity index (χ1) is 7.86. The summed E-state index contributed by atoms with van der Waals surface area (Å²) in [5, 5.41) is 11.6. The van der Waals surface area contributed by atoms with Crippen LogP contribution in [0.15, 0.2) is 16.5 Å². The van der Waals surface area contributed by atoms with Crippen LogP contribution in [0.4, 0.5) is 0 Å². The summed E-state index contributed by atoms with van der Waals surface area (Å²) in [4.78, 5) is 21.9. The zero-order chi connectivity index (χ0) is 13.1. The molecule has 0 saturated carbocycles. The monoisotopic (exact) mass is 241 g/mol. The van der Waals surface area contributed by atoms with Gasteiger partial charge < -0.3 is 14.3 Å². The summed E-state index contributed by atoms with van der Waals surface area (Å²) < 4.78 is 9.66. The normalized spacial score (nSPS) is 11.2. The Hall–Kier alpha value is -1.82. The molecular formula is C11H15NO5. The maximum absolute atomic E-state index is 11.4. The average Bonchev–Trinajstić information content (AvgIpc) is 2.74. The molecular weight excluding hydrogens is 226 g/mol. The molecule has 0 fully saturated rings. The van der Waals surface area contributed by atoms with Crippen molar-refractivity contribution in [3.63, 3.8) is 0 Å². The highest BCUT2D eigenvalue weighted by atomic mass is 16.5. The number of carboxylic acid groups (broad SMARTS) is 1. The number of furan rings is 1. The van der Waals surface area contributed by atoms with Crippen molar-refractivity contribution in [3.8, 4) is 0 Å². The third-order valence-electron chi connectivity index (χ3n) is 2.27. The van der Waals surface area contributed by atoms with Gasteiger partial charge in [0.1, 0.15) is 11.3 Å². The maximum atomic E-state index is 11.4. The maximum Gasteiger partial charge on any atom is 0.371 e. The Morgan fingerprint density at radius 2 is 2.12 bits per heavy atom. The predicted molar refractivity (Wildman–Crippen MR) is 58.6 cm³/mol.